The largest absolute Gasteiger partial charge is 0.463 e. The highest BCUT2D eigenvalue weighted by Crippen LogP contribution is 2.36. The second-order valence-corrected chi connectivity index (χ2v) is 11.5. The SMILES string of the molecule is C=CC(=O)N1CCN(c2nc(OCCCN3C[C@@H]4C[C@H]3CO4)nc3c2CCN(c2c(C)ccc4[nH]ncc24)C3)CC1.S.S. The van der Waals surface area contributed by atoms with Crippen molar-refractivity contribution in [2.75, 3.05) is 68.8 Å². The number of aromatic nitrogens is 4. The highest BCUT2D eigenvalue weighted by molar-refractivity contribution is 7.59. The lowest BCUT2D eigenvalue weighted by Crippen LogP contribution is -2.49. The number of nitrogens with one attached hydrogen (secondary N) is 1. The second kappa shape index (κ2) is 13.3. The number of amides is 1. The number of anilines is 2. The molecule has 11 nitrogen and oxygen atoms in total. The van der Waals surface area contributed by atoms with Crippen molar-refractivity contribution in [1.82, 2.24) is 30.0 Å². The number of aromatic amines is 1. The summed E-state index contributed by atoms with van der Waals surface area (Å²) < 4.78 is 12.0. The maximum Gasteiger partial charge on any atom is 0.318 e. The van der Waals surface area contributed by atoms with E-state index < -0.39 is 0 Å². The first kappa shape index (κ1) is 31.4. The molecule has 6 heterocycles. The van der Waals surface area contributed by atoms with Gasteiger partial charge in [-0.1, -0.05) is 12.6 Å². The van der Waals surface area contributed by atoms with Crippen LogP contribution in [0.25, 0.3) is 10.9 Å². The zero-order valence-electron chi connectivity index (χ0n) is 24.7. The minimum atomic E-state index is -0.0180. The van der Waals surface area contributed by atoms with Gasteiger partial charge < -0.3 is 24.2 Å². The number of hydrogen-bond donors (Lipinski definition) is 1. The van der Waals surface area contributed by atoms with Gasteiger partial charge in [-0.2, -0.15) is 42.1 Å². The van der Waals surface area contributed by atoms with Crippen molar-refractivity contribution < 1.29 is 14.3 Å². The number of piperazine rings is 1. The van der Waals surface area contributed by atoms with E-state index in [1.54, 1.807) is 0 Å². The van der Waals surface area contributed by atoms with E-state index in [4.69, 9.17) is 19.4 Å². The lowest BCUT2D eigenvalue weighted by atomic mass is 10.0. The van der Waals surface area contributed by atoms with Crippen molar-refractivity contribution in [2.24, 2.45) is 0 Å². The van der Waals surface area contributed by atoms with Crippen LogP contribution in [-0.4, -0.2) is 107 Å². The Morgan fingerprint density at radius 3 is 2.74 bits per heavy atom. The molecule has 7 rings (SSSR count). The molecule has 4 aliphatic rings. The normalized spacial score (nSPS) is 21.4. The summed E-state index contributed by atoms with van der Waals surface area (Å²) in [6.07, 6.45) is 6.64. The third-order valence-electron chi connectivity index (χ3n) is 9.04. The van der Waals surface area contributed by atoms with Crippen LogP contribution >= 0.6 is 27.0 Å². The van der Waals surface area contributed by atoms with Crippen LogP contribution in [0.5, 0.6) is 6.01 Å². The lowest BCUT2D eigenvalue weighted by Gasteiger charge is -2.38. The van der Waals surface area contributed by atoms with E-state index >= 15 is 0 Å². The van der Waals surface area contributed by atoms with Gasteiger partial charge in [0.15, 0.2) is 0 Å². The van der Waals surface area contributed by atoms with Crippen molar-refractivity contribution in [2.45, 2.75) is 44.9 Å². The molecule has 0 saturated carbocycles. The molecule has 1 amide bonds. The van der Waals surface area contributed by atoms with Crippen LogP contribution in [0.2, 0.25) is 0 Å². The number of benzene rings is 1. The Hall–Kier alpha value is -3.00. The second-order valence-electron chi connectivity index (χ2n) is 11.5. The van der Waals surface area contributed by atoms with Crippen LogP contribution < -0.4 is 14.5 Å². The molecule has 1 aromatic carbocycles. The van der Waals surface area contributed by atoms with Crippen LogP contribution in [0.15, 0.2) is 31.0 Å². The summed E-state index contributed by atoms with van der Waals surface area (Å²) in [5.74, 6) is 0.929. The molecule has 3 saturated heterocycles. The molecule has 2 atom stereocenters. The smallest absolute Gasteiger partial charge is 0.318 e. The third kappa shape index (κ3) is 6.17. The summed E-state index contributed by atoms with van der Waals surface area (Å²) in [6.45, 7) is 13.6. The maximum atomic E-state index is 12.2. The van der Waals surface area contributed by atoms with Gasteiger partial charge in [0.2, 0.25) is 5.91 Å². The fourth-order valence-electron chi connectivity index (χ4n) is 6.89. The van der Waals surface area contributed by atoms with Gasteiger partial charge in [0.1, 0.15) is 5.82 Å². The number of fused-ring (bicyclic) bond motifs is 4. The Labute approximate surface area is 266 Å². The maximum absolute atomic E-state index is 12.2. The monoisotopic (exact) mass is 626 g/mol. The van der Waals surface area contributed by atoms with E-state index in [0.29, 0.717) is 44.4 Å². The summed E-state index contributed by atoms with van der Waals surface area (Å²) in [5, 5.41) is 8.52. The van der Waals surface area contributed by atoms with Crippen molar-refractivity contribution in [1.29, 1.82) is 0 Å². The lowest BCUT2D eigenvalue weighted by molar-refractivity contribution is -0.126. The number of carbonyl (C=O) groups excluding carboxylic acids is 1. The number of hydrogen-bond acceptors (Lipinski definition) is 9. The number of aryl methyl sites for hydroxylation is 1. The van der Waals surface area contributed by atoms with Crippen molar-refractivity contribution in [3.8, 4) is 6.01 Å². The molecule has 3 fully saturated rings. The van der Waals surface area contributed by atoms with Crippen LogP contribution in [0.1, 0.15) is 29.7 Å². The molecule has 2 bridgehead atoms. The number of morpholine rings is 1. The molecule has 0 unspecified atom stereocenters. The summed E-state index contributed by atoms with van der Waals surface area (Å²) in [6, 6.07) is 5.23. The Morgan fingerprint density at radius 2 is 2.00 bits per heavy atom. The number of rotatable bonds is 8. The van der Waals surface area contributed by atoms with Crippen LogP contribution in [0, 0.1) is 6.92 Å². The molecule has 13 heteroatoms. The van der Waals surface area contributed by atoms with Gasteiger partial charge in [-0.05, 0) is 43.9 Å². The average molecular weight is 627 g/mol. The number of likely N-dealkylation sites (tertiary alicyclic amines) is 1. The van der Waals surface area contributed by atoms with E-state index in [2.05, 4.69) is 50.5 Å². The van der Waals surface area contributed by atoms with E-state index in [1.165, 1.54) is 22.9 Å². The zero-order chi connectivity index (χ0) is 27.9. The Kier molecular flexibility index (Phi) is 9.74. The van der Waals surface area contributed by atoms with Crippen LogP contribution in [-0.2, 0) is 22.5 Å². The zero-order valence-corrected chi connectivity index (χ0v) is 26.7. The predicted molar refractivity (Wildman–Crippen MR) is 177 cm³/mol. The van der Waals surface area contributed by atoms with E-state index in [-0.39, 0.29) is 32.9 Å². The molecule has 4 aliphatic heterocycles. The highest BCUT2D eigenvalue weighted by atomic mass is 32.1. The average Bonchev–Trinajstić information content (AvgIpc) is 3.76. The number of H-pyrrole nitrogens is 1. The first-order valence-corrected chi connectivity index (χ1v) is 14.8. The standard InChI is InChI=1S/C30H38N8O3.2H2S/c1-3-27(39)35-10-12-36(13-11-35)29-23-7-9-38(28-20(2)5-6-25-24(28)16-31-34-25)18-26(23)32-30(33-29)40-14-4-8-37-17-22-15-21(37)19-41-22;;/h3,5-6,16,21-22H,1,4,7-15,17-19H2,2H3,(H,31,34);2*1H2/t21-,22-;;/m0../s1. The van der Waals surface area contributed by atoms with Crippen molar-refractivity contribution >= 4 is 55.3 Å². The van der Waals surface area contributed by atoms with Gasteiger partial charge >= 0.3 is 6.01 Å². The minimum Gasteiger partial charge on any atom is -0.463 e. The fourth-order valence-corrected chi connectivity index (χ4v) is 6.89. The van der Waals surface area contributed by atoms with Gasteiger partial charge in [0.05, 0.1) is 49.0 Å². The quantitative estimate of drug-likeness (QED) is 0.299. The third-order valence-corrected chi connectivity index (χ3v) is 9.04. The summed E-state index contributed by atoms with van der Waals surface area (Å²) in [4.78, 5) is 31.2. The molecule has 2 aromatic heterocycles. The number of nitrogens with zero attached hydrogens (tertiary/aromatic N) is 7. The van der Waals surface area contributed by atoms with Crippen LogP contribution in [0.4, 0.5) is 11.5 Å². The van der Waals surface area contributed by atoms with Gasteiger partial charge in [-0.3, -0.25) is 14.8 Å². The number of ether oxygens (including phenoxy) is 2. The Balaban J connectivity index is 0.00000184. The molecular formula is C30H42N8O3S2. The van der Waals surface area contributed by atoms with Gasteiger partial charge in [-0.15, -0.1) is 0 Å². The highest BCUT2D eigenvalue weighted by Gasteiger charge is 2.38. The van der Waals surface area contributed by atoms with Gasteiger partial charge in [-0.25, -0.2) is 0 Å². The molecule has 43 heavy (non-hydrogen) atoms. The minimum absolute atomic E-state index is 0. The number of carbonyl (C=O) groups is 1. The predicted octanol–water partition coefficient (Wildman–Crippen LogP) is 2.53. The first-order chi connectivity index (χ1) is 20.1. The molecule has 0 aliphatic carbocycles. The van der Waals surface area contributed by atoms with Gasteiger partial charge in [0.25, 0.3) is 0 Å². The summed E-state index contributed by atoms with van der Waals surface area (Å²) in [5.41, 5.74) is 5.65. The first-order valence-electron chi connectivity index (χ1n) is 14.8. The Bertz CT molecular complexity index is 1460. The molecule has 3 aromatic rings. The molecular weight excluding hydrogens is 585 g/mol. The van der Waals surface area contributed by atoms with Crippen LogP contribution in [0.3, 0.4) is 0 Å². The van der Waals surface area contributed by atoms with E-state index in [9.17, 15) is 4.79 Å². The summed E-state index contributed by atoms with van der Waals surface area (Å²) >= 11 is 0. The molecule has 1 N–H and O–H groups in total. The van der Waals surface area contributed by atoms with Crippen molar-refractivity contribution in [3.05, 3.63) is 47.8 Å². The fraction of sp³-hybridized carbons (Fsp3) is 0.533. The molecule has 0 spiro atoms. The topological polar surface area (TPSA) is 103 Å². The molecule has 0 radical (unpaired) electrons. The van der Waals surface area contributed by atoms with Gasteiger partial charge in [0, 0.05) is 62.8 Å². The summed E-state index contributed by atoms with van der Waals surface area (Å²) in [7, 11) is 0. The van der Waals surface area contributed by atoms with Crippen molar-refractivity contribution in [3.63, 3.8) is 0 Å². The van der Waals surface area contributed by atoms with E-state index in [0.717, 1.165) is 81.0 Å². The van der Waals surface area contributed by atoms with E-state index in [1.807, 2.05) is 11.1 Å². The molecule has 232 valence electrons. The Morgan fingerprint density at radius 1 is 1.16 bits per heavy atom.